The van der Waals surface area contributed by atoms with Crippen molar-refractivity contribution in [2.75, 3.05) is 14.2 Å². The van der Waals surface area contributed by atoms with Gasteiger partial charge in [-0.05, 0) is 98.7 Å². The molecule has 0 heterocycles. The molecule has 2 N–H and O–H groups in total. The van der Waals surface area contributed by atoms with Crippen LogP contribution >= 0.6 is 31.9 Å². The van der Waals surface area contributed by atoms with Crippen LogP contribution < -0.4 is 9.47 Å². The molecule has 152 valence electrons. The van der Waals surface area contributed by atoms with Gasteiger partial charge < -0.3 is 19.7 Å². The van der Waals surface area contributed by atoms with E-state index in [-0.39, 0.29) is 17.3 Å². The highest BCUT2D eigenvalue weighted by Crippen LogP contribution is 2.38. The normalized spacial score (nSPS) is 17.0. The van der Waals surface area contributed by atoms with Crippen LogP contribution in [0.5, 0.6) is 23.0 Å². The van der Waals surface area contributed by atoms with E-state index in [2.05, 4.69) is 31.9 Å². The van der Waals surface area contributed by atoms with Gasteiger partial charge in [-0.15, -0.1) is 0 Å². The molecule has 0 aromatic heterocycles. The minimum absolute atomic E-state index is 0.0115. The average Bonchev–Trinajstić information content (AvgIpc) is 2.70. The fraction of sp³-hybridized carbons (Fsp3) is 0.227. The maximum atomic E-state index is 13.0. The third-order valence-corrected chi connectivity index (χ3v) is 5.91. The molecular weight excluding hydrogens is 504 g/mol. The van der Waals surface area contributed by atoms with Crippen LogP contribution in [0, 0.1) is 0 Å². The lowest BCUT2D eigenvalue weighted by Crippen LogP contribution is -2.12. The van der Waals surface area contributed by atoms with Crippen molar-refractivity contribution in [3.8, 4) is 23.0 Å². The van der Waals surface area contributed by atoms with Crippen LogP contribution in [0.1, 0.15) is 30.4 Å². The molecule has 0 saturated heterocycles. The van der Waals surface area contributed by atoms with Gasteiger partial charge in [0.05, 0.1) is 23.2 Å². The van der Waals surface area contributed by atoms with E-state index < -0.39 is 0 Å². The van der Waals surface area contributed by atoms with Gasteiger partial charge in [0, 0.05) is 11.1 Å². The topological polar surface area (TPSA) is 76.0 Å². The van der Waals surface area contributed by atoms with Crippen LogP contribution in [0.15, 0.2) is 44.4 Å². The Hall–Kier alpha value is -2.25. The SMILES string of the molecule is COc1cc(/C=C2/CCC/C(=C\c3cc(Br)c(O)c(OC)c3)C2=O)cc(Br)c1O. The number of carbonyl (C=O) groups excluding carboxylic acids is 1. The van der Waals surface area contributed by atoms with E-state index in [9.17, 15) is 15.0 Å². The van der Waals surface area contributed by atoms with Gasteiger partial charge in [-0.2, -0.15) is 0 Å². The number of carbonyl (C=O) groups is 1. The molecule has 29 heavy (non-hydrogen) atoms. The number of Topliss-reactive ketones (excluding diaryl/α,β-unsaturated/α-hetero) is 1. The summed E-state index contributed by atoms with van der Waals surface area (Å²) in [7, 11) is 2.96. The van der Waals surface area contributed by atoms with E-state index >= 15 is 0 Å². The van der Waals surface area contributed by atoms with E-state index in [4.69, 9.17) is 9.47 Å². The Bertz CT molecular complexity index is 945. The fourth-order valence-corrected chi connectivity index (χ4v) is 4.17. The standard InChI is InChI=1S/C22H20Br2O5/c1-28-18-10-12(8-16(23)21(18)26)6-14-4-3-5-15(20(14)25)7-13-9-17(24)22(27)19(11-13)29-2/h6-11,26-27H,3-5H2,1-2H3/b14-6-,15-7+. The quantitative estimate of drug-likeness (QED) is 0.491. The highest BCUT2D eigenvalue weighted by Gasteiger charge is 2.21. The number of methoxy groups -OCH3 is 2. The number of hydrogen-bond acceptors (Lipinski definition) is 5. The number of ether oxygens (including phenoxy) is 2. The van der Waals surface area contributed by atoms with Crippen LogP contribution in [-0.2, 0) is 4.79 Å². The monoisotopic (exact) mass is 522 g/mol. The van der Waals surface area contributed by atoms with Crippen molar-refractivity contribution in [2.24, 2.45) is 0 Å². The Morgan fingerprint density at radius 1 is 0.828 bits per heavy atom. The first-order valence-corrected chi connectivity index (χ1v) is 10.5. The number of rotatable bonds is 4. The molecule has 0 unspecified atom stereocenters. The van der Waals surface area contributed by atoms with E-state index in [0.29, 0.717) is 44.4 Å². The Morgan fingerprint density at radius 3 is 1.62 bits per heavy atom. The van der Waals surface area contributed by atoms with Crippen molar-refractivity contribution < 1.29 is 24.5 Å². The first-order valence-electron chi connectivity index (χ1n) is 8.93. The Morgan fingerprint density at radius 2 is 1.24 bits per heavy atom. The summed E-state index contributed by atoms with van der Waals surface area (Å²) >= 11 is 6.62. The summed E-state index contributed by atoms with van der Waals surface area (Å²) in [5, 5.41) is 19.9. The molecule has 7 heteroatoms. The molecule has 2 aromatic carbocycles. The number of aromatic hydroxyl groups is 2. The first-order chi connectivity index (χ1) is 13.8. The van der Waals surface area contributed by atoms with Crippen LogP contribution in [0.3, 0.4) is 0 Å². The molecule has 1 fully saturated rings. The Kier molecular flexibility index (Phi) is 6.70. The van der Waals surface area contributed by atoms with Gasteiger partial charge in [0.1, 0.15) is 0 Å². The van der Waals surface area contributed by atoms with Gasteiger partial charge >= 0.3 is 0 Å². The number of halogens is 2. The van der Waals surface area contributed by atoms with Crippen molar-refractivity contribution in [3.63, 3.8) is 0 Å². The van der Waals surface area contributed by atoms with Crippen LogP contribution in [0.25, 0.3) is 12.2 Å². The number of ketones is 1. The second-order valence-electron chi connectivity index (χ2n) is 6.63. The average molecular weight is 524 g/mol. The molecule has 2 aromatic rings. The van der Waals surface area contributed by atoms with Crippen LogP contribution in [-0.4, -0.2) is 30.2 Å². The van der Waals surface area contributed by atoms with Crippen LogP contribution in [0.2, 0.25) is 0 Å². The number of allylic oxidation sites excluding steroid dienone is 2. The summed E-state index contributed by atoms with van der Waals surface area (Å²) in [6.07, 6.45) is 5.88. The van der Waals surface area contributed by atoms with E-state index in [0.717, 1.165) is 17.5 Å². The molecule has 0 atom stereocenters. The number of phenolic OH excluding ortho intramolecular Hbond substituents is 2. The zero-order valence-corrected chi connectivity index (χ0v) is 19.1. The summed E-state index contributed by atoms with van der Waals surface area (Å²) in [6.45, 7) is 0. The summed E-state index contributed by atoms with van der Waals surface area (Å²) in [6, 6.07) is 6.89. The molecule has 0 aliphatic heterocycles. The van der Waals surface area contributed by atoms with E-state index in [1.54, 1.807) is 24.3 Å². The zero-order valence-electron chi connectivity index (χ0n) is 16.0. The summed E-state index contributed by atoms with van der Waals surface area (Å²) in [5.74, 6) is 0.717. The van der Waals surface area contributed by atoms with Crippen molar-refractivity contribution in [2.45, 2.75) is 19.3 Å². The molecule has 0 radical (unpaired) electrons. The second-order valence-corrected chi connectivity index (χ2v) is 8.34. The summed E-state index contributed by atoms with van der Waals surface area (Å²) < 4.78 is 11.4. The van der Waals surface area contributed by atoms with Gasteiger partial charge in [-0.25, -0.2) is 0 Å². The minimum Gasteiger partial charge on any atom is -0.503 e. The van der Waals surface area contributed by atoms with Gasteiger partial charge in [0.25, 0.3) is 0 Å². The van der Waals surface area contributed by atoms with Gasteiger partial charge in [0.15, 0.2) is 28.8 Å². The molecule has 5 nitrogen and oxygen atoms in total. The molecule has 1 aliphatic rings. The molecule has 0 amide bonds. The minimum atomic E-state index is -0.0115. The van der Waals surface area contributed by atoms with Gasteiger partial charge in [-0.3, -0.25) is 4.79 Å². The molecular formula is C22H20Br2O5. The molecule has 1 saturated carbocycles. The van der Waals surface area contributed by atoms with E-state index in [1.165, 1.54) is 14.2 Å². The third-order valence-electron chi connectivity index (χ3n) is 4.70. The van der Waals surface area contributed by atoms with E-state index in [1.807, 2.05) is 12.2 Å². The van der Waals surface area contributed by atoms with Gasteiger partial charge in [0.2, 0.25) is 0 Å². The highest BCUT2D eigenvalue weighted by molar-refractivity contribution is 9.10. The maximum absolute atomic E-state index is 13.0. The van der Waals surface area contributed by atoms with Crippen molar-refractivity contribution >= 4 is 49.8 Å². The molecule has 1 aliphatic carbocycles. The first kappa shape index (κ1) is 21.5. The predicted octanol–water partition coefficient (Wildman–Crippen LogP) is 5.86. The summed E-state index contributed by atoms with van der Waals surface area (Å²) in [5.41, 5.74) is 2.94. The summed E-state index contributed by atoms with van der Waals surface area (Å²) in [4.78, 5) is 13.0. The fourth-order valence-electron chi connectivity index (χ4n) is 3.25. The smallest absolute Gasteiger partial charge is 0.185 e. The molecule has 0 bridgehead atoms. The Balaban J connectivity index is 1.95. The lowest BCUT2D eigenvalue weighted by molar-refractivity contribution is -0.112. The van der Waals surface area contributed by atoms with Crippen molar-refractivity contribution in [1.29, 1.82) is 0 Å². The lowest BCUT2D eigenvalue weighted by atomic mass is 9.87. The molecule has 3 rings (SSSR count). The number of phenols is 2. The lowest BCUT2D eigenvalue weighted by Gasteiger charge is -2.17. The third kappa shape index (κ3) is 4.67. The van der Waals surface area contributed by atoms with Crippen LogP contribution in [0.4, 0.5) is 0 Å². The van der Waals surface area contributed by atoms with Gasteiger partial charge in [-0.1, -0.05) is 0 Å². The van der Waals surface area contributed by atoms with Crippen molar-refractivity contribution in [1.82, 2.24) is 0 Å². The van der Waals surface area contributed by atoms with Crippen molar-refractivity contribution in [3.05, 3.63) is 55.5 Å². The Labute approximate surface area is 185 Å². The second kappa shape index (κ2) is 9.05. The largest absolute Gasteiger partial charge is 0.503 e. The maximum Gasteiger partial charge on any atom is 0.185 e. The predicted molar refractivity (Wildman–Crippen MR) is 120 cm³/mol. The number of benzene rings is 2. The number of hydrogen-bond donors (Lipinski definition) is 2. The molecule has 0 spiro atoms. The highest BCUT2D eigenvalue weighted by atomic mass is 79.9. The zero-order chi connectivity index (χ0) is 21.1.